The maximum atomic E-state index is 12.3. The van der Waals surface area contributed by atoms with Crippen molar-refractivity contribution in [2.45, 2.75) is 32.4 Å². The van der Waals surface area contributed by atoms with Crippen LogP contribution in [0.15, 0.2) is 72.8 Å². The smallest absolute Gasteiger partial charge is 0.224 e. The molecule has 1 N–H and O–H groups in total. The van der Waals surface area contributed by atoms with Crippen molar-refractivity contribution in [1.29, 1.82) is 5.26 Å². The van der Waals surface area contributed by atoms with Crippen molar-refractivity contribution in [2.24, 2.45) is 0 Å². The van der Waals surface area contributed by atoms with Gasteiger partial charge >= 0.3 is 0 Å². The first-order valence-electron chi connectivity index (χ1n) is 9.82. The van der Waals surface area contributed by atoms with Crippen molar-refractivity contribution in [1.82, 2.24) is 0 Å². The van der Waals surface area contributed by atoms with Gasteiger partial charge in [-0.2, -0.15) is 5.26 Å². The first-order chi connectivity index (χ1) is 14.1. The molecule has 0 unspecified atom stereocenters. The highest BCUT2D eigenvalue weighted by Gasteiger charge is 2.32. The Labute approximate surface area is 171 Å². The molecule has 0 aromatic heterocycles. The van der Waals surface area contributed by atoms with E-state index in [0.29, 0.717) is 5.56 Å². The molecule has 144 valence electrons. The third kappa shape index (κ3) is 3.72. The van der Waals surface area contributed by atoms with Gasteiger partial charge in [-0.05, 0) is 66.4 Å². The second kappa shape index (κ2) is 7.81. The van der Waals surface area contributed by atoms with E-state index in [4.69, 9.17) is 5.26 Å². The van der Waals surface area contributed by atoms with E-state index in [0.717, 1.165) is 34.5 Å². The highest BCUT2D eigenvalue weighted by Crippen LogP contribution is 2.41. The third-order valence-corrected chi connectivity index (χ3v) is 5.48. The average molecular weight is 381 g/mol. The number of hydrogen-bond donors (Lipinski definition) is 1. The Hall–Kier alpha value is -3.58. The number of anilines is 2. The monoisotopic (exact) mass is 381 g/mol. The van der Waals surface area contributed by atoms with Gasteiger partial charge in [-0.1, -0.05) is 36.4 Å². The number of nitrogens with one attached hydrogen (secondary N) is 1. The molecular weight excluding hydrogens is 358 g/mol. The number of rotatable bonds is 3. The average Bonchev–Trinajstić information content (AvgIpc) is 2.74. The normalized spacial score (nSPS) is 17.9. The summed E-state index contributed by atoms with van der Waals surface area (Å²) in [6.07, 6.45) is 0.832. The number of nitrogens with zero attached hydrogens (tertiary/aromatic N) is 2. The molecule has 3 aromatic carbocycles. The minimum atomic E-state index is 0.0584. The van der Waals surface area contributed by atoms with E-state index in [1.165, 1.54) is 0 Å². The molecule has 0 aliphatic carbocycles. The van der Waals surface area contributed by atoms with Crippen LogP contribution in [-0.2, 0) is 4.79 Å². The number of para-hydroxylation sites is 1. The zero-order valence-electron chi connectivity index (χ0n) is 16.6. The highest BCUT2D eigenvalue weighted by atomic mass is 16.2. The first kappa shape index (κ1) is 18.8. The van der Waals surface area contributed by atoms with Crippen LogP contribution in [-0.4, -0.2) is 11.9 Å². The van der Waals surface area contributed by atoms with Crippen molar-refractivity contribution in [3.63, 3.8) is 0 Å². The number of hydrogen-bond acceptors (Lipinski definition) is 3. The Kier molecular flexibility index (Phi) is 5.05. The Morgan fingerprint density at radius 2 is 1.72 bits per heavy atom. The number of nitriles is 1. The van der Waals surface area contributed by atoms with Crippen LogP contribution in [0.2, 0.25) is 0 Å². The molecule has 0 saturated heterocycles. The zero-order chi connectivity index (χ0) is 20.4. The molecule has 0 saturated carbocycles. The summed E-state index contributed by atoms with van der Waals surface area (Å²) in [5.74, 6) is 0.0584. The quantitative estimate of drug-likeness (QED) is 0.649. The predicted molar refractivity (Wildman–Crippen MR) is 117 cm³/mol. The number of carbonyl (C=O) groups is 1. The molecule has 1 amide bonds. The SMILES string of the molecule is CC(=O)N1c2ccc(-c3ccc(C#N)cc3)cc2[C@@H](Nc2ccccc2)C[C@H]1C. The van der Waals surface area contributed by atoms with Gasteiger partial charge in [0.25, 0.3) is 0 Å². The summed E-state index contributed by atoms with van der Waals surface area (Å²) >= 11 is 0. The largest absolute Gasteiger partial charge is 0.378 e. The fourth-order valence-corrected chi connectivity index (χ4v) is 4.13. The minimum absolute atomic E-state index is 0.0584. The molecule has 0 radical (unpaired) electrons. The molecular formula is C25H23N3O. The topological polar surface area (TPSA) is 56.1 Å². The lowest BCUT2D eigenvalue weighted by Gasteiger charge is -2.39. The predicted octanol–water partition coefficient (Wildman–Crippen LogP) is 5.52. The van der Waals surface area contributed by atoms with Crippen LogP contribution in [0.25, 0.3) is 11.1 Å². The Bertz CT molecular complexity index is 1070. The minimum Gasteiger partial charge on any atom is -0.378 e. The van der Waals surface area contributed by atoms with Gasteiger partial charge in [0.1, 0.15) is 0 Å². The van der Waals surface area contributed by atoms with E-state index in [-0.39, 0.29) is 18.0 Å². The first-order valence-corrected chi connectivity index (χ1v) is 9.82. The summed E-state index contributed by atoms with van der Waals surface area (Å²) in [5.41, 5.74) is 5.91. The molecule has 1 aliphatic rings. The fraction of sp³-hybridized carbons (Fsp3) is 0.200. The van der Waals surface area contributed by atoms with Gasteiger partial charge in [-0.3, -0.25) is 4.79 Å². The molecule has 29 heavy (non-hydrogen) atoms. The molecule has 2 atom stereocenters. The third-order valence-electron chi connectivity index (χ3n) is 5.48. The van der Waals surface area contributed by atoms with Gasteiger partial charge in [0.15, 0.2) is 0 Å². The Morgan fingerprint density at radius 1 is 1.03 bits per heavy atom. The van der Waals surface area contributed by atoms with Crippen LogP contribution in [0.5, 0.6) is 0 Å². The molecule has 0 bridgehead atoms. The Balaban J connectivity index is 1.77. The molecule has 0 fully saturated rings. The van der Waals surface area contributed by atoms with Crippen LogP contribution < -0.4 is 10.2 Å². The number of benzene rings is 3. The van der Waals surface area contributed by atoms with Gasteiger partial charge < -0.3 is 10.2 Å². The van der Waals surface area contributed by atoms with Crippen molar-refractivity contribution in [3.8, 4) is 17.2 Å². The summed E-state index contributed by atoms with van der Waals surface area (Å²) in [4.78, 5) is 14.2. The fourth-order valence-electron chi connectivity index (χ4n) is 4.13. The summed E-state index contributed by atoms with van der Waals surface area (Å²) in [6.45, 7) is 3.72. The van der Waals surface area contributed by atoms with Crippen molar-refractivity contribution in [2.75, 3.05) is 10.2 Å². The van der Waals surface area contributed by atoms with E-state index < -0.39 is 0 Å². The summed E-state index contributed by atoms with van der Waals surface area (Å²) in [5, 5.41) is 12.7. The second-order valence-corrected chi connectivity index (χ2v) is 7.50. The van der Waals surface area contributed by atoms with Crippen LogP contribution in [0, 0.1) is 11.3 Å². The van der Waals surface area contributed by atoms with Gasteiger partial charge in [-0.25, -0.2) is 0 Å². The molecule has 4 heteroatoms. The van der Waals surface area contributed by atoms with E-state index in [2.05, 4.69) is 36.5 Å². The van der Waals surface area contributed by atoms with E-state index in [9.17, 15) is 4.79 Å². The standard InChI is InChI=1S/C25H23N3O/c1-17-14-24(27-22-6-4-3-5-7-22)23-15-21(12-13-25(23)28(17)18(2)29)20-10-8-19(16-26)9-11-20/h3-13,15,17,24,27H,14H2,1-2H3/t17-,24+/m1/s1. The lowest BCUT2D eigenvalue weighted by Crippen LogP contribution is -2.43. The van der Waals surface area contributed by atoms with Crippen molar-refractivity contribution in [3.05, 3.63) is 83.9 Å². The maximum absolute atomic E-state index is 12.3. The van der Waals surface area contributed by atoms with Gasteiger partial charge in [0.05, 0.1) is 17.7 Å². The highest BCUT2D eigenvalue weighted by molar-refractivity contribution is 5.94. The molecule has 0 spiro atoms. The number of carbonyl (C=O) groups excluding carboxylic acids is 1. The number of fused-ring (bicyclic) bond motifs is 1. The molecule has 1 heterocycles. The molecule has 3 aromatic rings. The van der Waals surface area contributed by atoms with Gasteiger partial charge in [-0.15, -0.1) is 0 Å². The van der Waals surface area contributed by atoms with Crippen LogP contribution in [0.1, 0.15) is 37.4 Å². The van der Waals surface area contributed by atoms with Gasteiger partial charge in [0.2, 0.25) is 5.91 Å². The molecule has 4 rings (SSSR count). The zero-order valence-corrected chi connectivity index (χ0v) is 16.6. The van der Waals surface area contributed by atoms with Gasteiger partial charge in [0, 0.05) is 24.3 Å². The van der Waals surface area contributed by atoms with E-state index in [1.807, 2.05) is 59.5 Å². The molecule has 1 aliphatic heterocycles. The lowest BCUT2D eigenvalue weighted by molar-refractivity contribution is -0.117. The van der Waals surface area contributed by atoms with Crippen LogP contribution in [0.4, 0.5) is 11.4 Å². The summed E-state index contributed by atoms with van der Waals surface area (Å²) in [6, 6.07) is 26.4. The summed E-state index contributed by atoms with van der Waals surface area (Å²) < 4.78 is 0. The lowest BCUT2D eigenvalue weighted by atomic mass is 9.88. The van der Waals surface area contributed by atoms with Crippen molar-refractivity contribution < 1.29 is 4.79 Å². The van der Waals surface area contributed by atoms with E-state index in [1.54, 1.807) is 6.92 Å². The van der Waals surface area contributed by atoms with Crippen LogP contribution in [0.3, 0.4) is 0 Å². The molecule has 4 nitrogen and oxygen atoms in total. The summed E-state index contributed by atoms with van der Waals surface area (Å²) in [7, 11) is 0. The maximum Gasteiger partial charge on any atom is 0.224 e. The number of amides is 1. The van der Waals surface area contributed by atoms with Crippen LogP contribution >= 0.6 is 0 Å². The van der Waals surface area contributed by atoms with E-state index >= 15 is 0 Å². The second-order valence-electron chi connectivity index (χ2n) is 7.50. The Morgan fingerprint density at radius 3 is 2.38 bits per heavy atom. The van der Waals surface area contributed by atoms with Crippen molar-refractivity contribution >= 4 is 17.3 Å².